The molecule has 0 unspecified atom stereocenters. The van der Waals surface area contributed by atoms with Gasteiger partial charge in [0, 0.05) is 35.0 Å². The number of para-hydroxylation sites is 2. The van der Waals surface area contributed by atoms with E-state index in [0.717, 1.165) is 0 Å². The van der Waals surface area contributed by atoms with Crippen LogP contribution in [0.25, 0.3) is 0 Å². The highest BCUT2D eigenvalue weighted by molar-refractivity contribution is 9.11. The Labute approximate surface area is 235 Å². The van der Waals surface area contributed by atoms with Crippen LogP contribution in [0.3, 0.4) is 0 Å². The lowest BCUT2D eigenvalue weighted by atomic mass is 10.0. The molecule has 2 amide bonds. The minimum Gasteiger partial charge on any atom is -0.506 e. The van der Waals surface area contributed by atoms with Gasteiger partial charge in [0.25, 0.3) is 0 Å². The minimum atomic E-state index is -1.16. The molecule has 0 saturated heterocycles. The fraction of sp³-hybridized carbons (Fsp3) is 0.154. The van der Waals surface area contributed by atoms with Gasteiger partial charge in [0.05, 0.1) is 15.8 Å². The first-order chi connectivity index (χ1) is 18.2. The van der Waals surface area contributed by atoms with Gasteiger partial charge in [-0.1, -0.05) is 28.1 Å². The number of rotatable bonds is 8. The van der Waals surface area contributed by atoms with Gasteiger partial charge in [-0.2, -0.15) is 0 Å². The van der Waals surface area contributed by atoms with Crippen LogP contribution in [-0.2, 0) is 14.3 Å². The fourth-order valence-electron chi connectivity index (χ4n) is 3.62. The third-order valence-electron chi connectivity index (χ3n) is 5.44. The van der Waals surface area contributed by atoms with E-state index in [9.17, 15) is 14.7 Å². The number of phenols is 1. The predicted octanol–water partition coefficient (Wildman–Crippen LogP) is 5.73. The molecule has 0 spiro atoms. The lowest BCUT2D eigenvalue weighted by Crippen LogP contribution is -2.27. The molecule has 1 aliphatic rings. The van der Waals surface area contributed by atoms with Gasteiger partial charge in [-0.15, -0.1) is 0 Å². The summed E-state index contributed by atoms with van der Waals surface area (Å²) >= 11 is 6.68. The van der Waals surface area contributed by atoms with Crippen LogP contribution >= 0.6 is 31.9 Å². The van der Waals surface area contributed by atoms with Gasteiger partial charge < -0.3 is 35.1 Å². The highest BCUT2D eigenvalue weighted by Gasteiger charge is 2.30. The van der Waals surface area contributed by atoms with Crippen LogP contribution in [0, 0.1) is 0 Å². The summed E-state index contributed by atoms with van der Waals surface area (Å²) < 4.78 is 22.9. The van der Waals surface area contributed by atoms with Crippen LogP contribution in [0.4, 0.5) is 21.9 Å². The van der Waals surface area contributed by atoms with Gasteiger partial charge in [0.2, 0.25) is 12.7 Å². The molecule has 0 aliphatic carbocycles. The molecule has 12 heteroatoms. The van der Waals surface area contributed by atoms with Crippen molar-refractivity contribution in [1.82, 2.24) is 0 Å². The van der Waals surface area contributed by atoms with E-state index in [2.05, 4.69) is 42.5 Å². The number of ether oxygens (including phenoxy) is 4. The molecule has 0 aromatic heterocycles. The monoisotopic (exact) mass is 647 g/mol. The summed E-state index contributed by atoms with van der Waals surface area (Å²) in [5.74, 6) is 0.403. The standard InChI is InChI=1S/C26H23Br2N3O7/c1-35-21(8-9-23(32)31-19-5-3-2-4-18(19)29)25(16-10-14(27)11-17(28)24(16)33)38-26(34)30-15-6-7-20-22(12-15)37-13-36-20/h2-12,21,25,33H,13,29H2,1H3,(H,30,34)(H,31,32)/b9-8+/t21-,25-/m1/s1. The van der Waals surface area contributed by atoms with Crippen LogP contribution in [0.1, 0.15) is 11.7 Å². The predicted molar refractivity (Wildman–Crippen MR) is 148 cm³/mol. The number of hydrogen-bond acceptors (Lipinski definition) is 8. The van der Waals surface area contributed by atoms with Crippen molar-refractivity contribution in [2.24, 2.45) is 0 Å². The number of benzene rings is 3. The van der Waals surface area contributed by atoms with Crippen molar-refractivity contribution in [3.8, 4) is 17.2 Å². The number of phenolic OH excluding ortho intramolecular Hbond substituents is 1. The number of nitrogens with one attached hydrogen (secondary N) is 2. The van der Waals surface area contributed by atoms with E-state index in [1.807, 2.05) is 0 Å². The first-order valence-corrected chi connectivity index (χ1v) is 12.8. The second-order valence-corrected chi connectivity index (χ2v) is 9.75. The first kappa shape index (κ1) is 27.3. The number of aromatic hydroxyl groups is 1. The Hall–Kier alpha value is -3.74. The Morgan fingerprint density at radius 1 is 1.08 bits per heavy atom. The van der Waals surface area contributed by atoms with E-state index in [1.54, 1.807) is 54.6 Å². The summed E-state index contributed by atoms with van der Waals surface area (Å²) in [6.07, 6.45) is -0.309. The smallest absolute Gasteiger partial charge is 0.412 e. The molecule has 0 bridgehead atoms. The molecule has 5 N–H and O–H groups in total. The molecule has 10 nitrogen and oxygen atoms in total. The summed E-state index contributed by atoms with van der Waals surface area (Å²) in [4.78, 5) is 25.5. The number of halogens is 2. The van der Waals surface area contributed by atoms with Crippen LogP contribution < -0.4 is 25.8 Å². The van der Waals surface area contributed by atoms with Crippen molar-refractivity contribution in [1.29, 1.82) is 0 Å². The highest BCUT2D eigenvalue weighted by Crippen LogP contribution is 2.39. The number of methoxy groups -OCH3 is 1. The second-order valence-electron chi connectivity index (χ2n) is 7.98. The SMILES string of the molecule is CO[C@H](/C=C/C(=O)Nc1ccccc1N)[C@H](OC(=O)Nc1ccc2c(c1)OCO2)c1cc(Br)cc(Br)c1O. The van der Waals surface area contributed by atoms with E-state index in [1.165, 1.54) is 19.3 Å². The van der Waals surface area contributed by atoms with E-state index in [-0.39, 0.29) is 18.1 Å². The third kappa shape index (κ3) is 6.57. The number of amides is 2. The molecule has 3 aromatic rings. The Bertz CT molecular complexity index is 1380. The van der Waals surface area contributed by atoms with Crippen molar-refractivity contribution < 1.29 is 33.6 Å². The summed E-state index contributed by atoms with van der Waals surface area (Å²) in [6.45, 7) is 0.0919. The number of carbonyl (C=O) groups excluding carboxylic acids is 2. The zero-order valence-corrected chi connectivity index (χ0v) is 23.1. The van der Waals surface area contributed by atoms with E-state index >= 15 is 0 Å². The number of nitrogen functional groups attached to an aromatic ring is 1. The van der Waals surface area contributed by atoms with Crippen LogP contribution in [0.5, 0.6) is 17.2 Å². The second kappa shape index (κ2) is 12.2. The molecule has 1 aliphatic heterocycles. The van der Waals surface area contributed by atoms with Gasteiger partial charge in [-0.25, -0.2) is 4.79 Å². The van der Waals surface area contributed by atoms with Gasteiger partial charge >= 0.3 is 6.09 Å². The normalized spacial score (nSPS) is 13.7. The summed E-state index contributed by atoms with van der Waals surface area (Å²) in [7, 11) is 1.39. The Balaban J connectivity index is 1.57. The minimum absolute atomic E-state index is 0.0919. The molecule has 0 radical (unpaired) electrons. The highest BCUT2D eigenvalue weighted by atomic mass is 79.9. The van der Waals surface area contributed by atoms with Gasteiger partial charge in [0.15, 0.2) is 17.6 Å². The van der Waals surface area contributed by atoms with Crippen LogP contribution in [-0.4, -0.2) is 37.1 Å². The molecule has 4 rings (SSSR count). The lowest BCUT2D eigenvalue weighted by Gasteiger charge is -2.25. The van der Waals surface area contributed by atoms with Crippen LogP contribution in [0.15, 0.2) is 75.7 Å². The fourth-order valence-corrected chi connectivity index (χ4v) is 4.88. The van der Waals surface area contributed by atoms with Crippen molar-refractivity contribution in [3.05, 3.63) is 81.3 Å². The average molecular weight is 649 g/mol. The Kier molecular flexibility index (Phi) is 8.77. The molecule has 3 aromatic carbocycles. The Morgan fingerprint density at radius 2 is 1.84 bits per heavy atom. The Morgan fingerprint density at radius 3 is 2.61 bits per heavy atom. The lowest BCUT2D eigenvalue weighted by molar-refractivity contribution is -0.112. The topological polar surface area (TPSA) is 141 Å². The largest absolute Gasteiger partial charge is 0.506 e. The number of anilines is 3. The zero-order valence-electron chi connectivity index (χ0n) is 19.9. The van der Waals surface area contributed by atoms with E-state index < -0.39 is 24.2 Å². The maximum absolute atomic E-state index is 12.9. The number of hydrogen-bond donors (Lipinski definition) is 4. The van der Waals surface area contributed by atoms with Gasteiger partial charge in [0.1, 0.15) is 11.9 Å². The zero-order chi connectivity index (χ0) is 27.2. The van der Waals surface area contributed by atoms with Gasteiger partial charge in [-0.3, -0.25) is 10.1 Å². The summed E-state index contributed by atoms with van der Waals surface area (Å²) in [5, 5.41) is 16.1. The molecule has 2 atom stereocenters. The first-order valence-electron chi connectivity index (χ1n) is 11.2. The molecule has 0 fully saturated rings. The summed E-state index contributed by atoms with van der Waals surface area (Å²) in [6, 6.07) is 14.9. The summed E-state index contributed by atoms with van der Waals surface area (Å²) in [5.41, 5.74) is 7.38. The molecular formula is C26H23Br2N3O7. The molecule has 1 heterocycles. The maximum atomic E-state index is 12.9. The molecule has 198 valence electrons. The quantitative estimate of drug-likeness (QED) is 0.179. The number of fused-ring (bicyclic) bond motifs is 1. The maximum Gasteiger partial charge on any atom is 0.412 e. The average Bonchev–Trinajstić information content (AvgIpc) is 3.35. The molecule has 38 heavy (non-hydrogen) atoms. The third-order valence-corrected chi connectivity index (χ3v) is 6.51. The van der Waals surface area contributed by atoms with Crippen molar-refractivity contribution >= 4 is 60.9 Å². The number of nitrogens with two attached hydrogens (primary N) is 1. The van der Waals surface area contributed by atoms with Gasteiger partial charge in [-0.05, 0) is 58.4 Å². The van der Waals surface area contributed by atoms with Crippen molar-refractivity contribution in [3.63, 3.8) is 0 Å². The van der Waals surface area contributed by atoms with E-state index in [0.29, 0.717) is 37.5 Å². The van der Waals surface area contributed by atoms with Crippen LogP contribution in [0.2, 0.25) is 0 Å². The van der Waals surface area contributed by atoms with Crippen molar-refractivity contribution in [2.75, 3.05) is 30.3 Å². The number of carbonyl (C=O) groups is 2. The van der Waals surface area contributed by atoms with E-state index in [4.69, 9.17) is 24.7 Å². The molecule has 0 saturated carbocycles. The van der Waals surface area contributed by atoms with Crippen molar-refractivity contribution in [2.45, 2.75) is 12.2 Å². The molecular weight excluding hydrogens is 626 g/mol.